The van der Waals surface area contributed by atoms with E-state index in [2.05, 4.69) is 88.2 Å². The van der Waals surface area contributed by atoms with E-state index < -0.39 is 28.6 Å². The van der Waals surface area contributed by atoms with Gasteiger partial charge in [-0.05, 0) is 52.8 Å². The van der Waals surface area contributed by atoms with Crippen LogP contribution < -0.4 is 5.69 Å². The van der Waals surface area contributed by atoms with Crippen LogP contribution in [0.5, 0.6) is 0 Å². The van der Waals surface area contributed by atoms with Gasteiger partial charge in [-0.3, -0.25) is 4.57 Å². The lowest BCUT2D eigenvalue weighted by molar-refractivity contribution is -0.0412. The Labute approximate surface area is 204 Å². The first-order valence-corrected chi connectivity index (χ1v) is 17.6. The van der Waals surface area contributed by atoms with Gasteiger partial charge >= 0.3 is 5.69 Å². The molecule has 0 aromatic carbocycles. The summed E-state index contributed by atoms with van der Waals surface area (Å²) in [5, 5.41) is 11.1. The molecule has 1 saturated heterocycles. The Morgan fingerprint density at radius 2 is 1.74 bits per heavy atom. The number of rotatable bonds is 7. The fourth-order valence-corrected chi connectivity index (χ4v) is 5.60. The van der Waals surface area contributed by atoms with E-state index in [9.17, 15) is 4.79 Å². The molecular formula is C22H40N6O4Si2. The fourth-order valence-electron chi connectivity index (χ4n) is 3.22. The lowest BCUT2D eigenvalue weighted by Crippen LogP contribution is -2.48. The number of aromatic nitrogens is 6. The molecule has 0 saturated carbocycles. The lowest BCUT2D eigenvalue weighted by Gasteiger charge is -2.40. The van der Waals surface area contributed by atoms with Gasteiger partial charge in [-0.1, -0.05) is 41.5 Å². The van der Waals surface area contributed by atoms with Gasteiger partial charge < -0.3 is 13.6 Å². The summed E-state index contributed by atoms with van der Waals surface area (Å²) in [6.45, 7) is 22.7. The van der Waals surface area contributed by atoms with Crippen molar-refractivity contribution in [3.8, 4) is 5.82 Å². The first-order chi connectivity index (χ1) is 15.5. The van der Waals surface area contributed by atoms with Gasteiger partial charge in [-0.2, -0.15) is 9.67 Å². The number of hydrogen-bond acceptors (Lipinski definition) is 8. The summed E-state index contributed by atoms with van der Waals surface area (Å²) in [6.07, 6.45) is 2.73. The van der Waals surface area contributed by atoms with E-state index in [0.717, 1.165) is 0 Å². The van der Waals surface area contributed by atoms with Gasteiger partial charge in [-0.15, -0.1) is 5.10 Å². The van der Waals surface area contributed by atoms with Crippen LogP contribution >= 0.6 is 0 Å². The standard InChI is InChI=1S/C22H40N6O4Si2/c1-21(2,3)33(7,8)30-14-17-16(32-34(9,10)22(4,5)6)13-19(31-17)27-12-11-18(24-20(27)29)28-15-23-25-26-28/h11-12,15-17,19H,13-14H2,1-10H3/t16-,17+,19+/m0/s1. The quantitative estimate of drug-likeness (QED) is 0.518. The van der Waals surface area contributed by atoms with Gasteiger partial charge in [0.25, 0.3) is 0 Å². The van der Waals surface area contributed by atoms with Gasteiger partial charge in [0.1, 0.15) is 18.7 Å². The Morgan fingerprint density at radius 3 is 2.26 bits per heavy atom. The van der Waals surface area contributed by atoms with Crippen LogP contribution in [0.25, 0.3) is 5.82 Å². The van der Waals surface area contributed by atoms with E-state index in [4.69, 9.17) is 13.6 Å². The van der Waals surface area contributed by atoms with Crippen LogP contribution in [0.1, 0.15) is 54.2 Å². The van der Waals surface area contributed by atoms with Crippen LogP contribution in [0.15, 0.2) is 23.4 Å². The highest BCUT2D eigenvalue weighted by atomic mass is 28.4. The predicted molar refractivity (Wildman–Crippen MR) is 135 cm³/mol. The SMILES string of the molecule is CC(C)(C)[Si](C)(C)OC[C@H]1O[C@@H](n2ccc(-n3cnnn3)nc2=O)C[C@@H]1O[Si](C)(C)C(C)(C)C. The number of hydrogen-bond donors (Lipinski definition) is 0. The average Bonchev–Trinajstić information content (AvgIpc) is 3.34. The van der Waals surface area contributed by atoms with E-state index in [0.29, 0.717) is 18.8 Å². The highest BCUT2D eigenvalue weighted by Crippen LogP contribution is 2.42. The fraction of sp³-hybridized carbons (Fsp3) is 0.773. The molecular weight excluding hydrogens is 468 g/mol. The zero-order valence-corrected chi connectivity index (χ0v) is 24.2. The minimum atomic E-state index is -2.07. The second-order valence-corrected chi connectivity index (χ2v) is 21.6. The third-order valence-electron chi connectivity index (χ3n) is 7.56. The third-order valence-corrected chi connectivity index (χ3v) is 16.6. The summed E-state index contributed by atoms with van der Waals surface area (Å²) < 4.78 is 22.6. The van der Waals surface area contributed by atoms with E-state index in [-0.39, 0.29) is 22.3 Å². The monoisotopic (exact) mass is 508 g/mol. The second kappa shape index (κ2) is 9.38. The molecule has 0 N–H and O–H groups in total. The first kappa shape index (κ1) is 26.9. The molecule has 34 heavy (non-hydrogen) atoms. The van der Waals surface area contributed by atoms with Crippen LogP contribution in [-0.4, -0.2) is 65.2 Å². The summed E-state index contributed by atoms with van der Waals surface area (Å²) in [6, 6.07) is 1.70. The van der Waals surface area contributed by atoms with Crippen LogP contribution in [0.3, 0.4) is 0 Å². The molecule has 3 rings (SSSR count). The molecule has 0 spiro atoms. The molecule has 1 aliphatic rings. The molecule has 190 valence electrons. The summed E-state index contributed by atoms with van der Waals surface area (Å²) in [5.41, 5.74) is -0.421. The molecule has 12 heteroatoms. The summed E-state index contributed by atoms with van der Waals surface area (Å²) in [5.74, 6) is 0.358. The summed E-state index contributed by atoms with van der Waals surface area (Å²) in [7, 11) is -4.04. The van der Waals surface area contributed by atoms with Crippen molar-refractivity contribution < 1.29 is 13.6 Å². The van der Waals surface area contributed by atoms with Gasteiger partial charge in [0.05, 0.1) is 12.7 Å². The van der Waals surface area contributed by atoms with Crippen molar-refractivity contribution in [2.75, 3.05) is 6.61 Å². The van der Waals surface area contributed by atoms with Gasteiger partial charge in [-0.25, -0.2) is 4.79 Å². The van der Waals surface area contributed by atoms with Crippen LogP contribution in [0.2, 0.25) is 36.3 Å². The number of nitrogens with zero attached hydrogens (tertiary/aromatic N) is 6. The Bertz CT molecular complexity index is 1030. The minimum Gasteiger partial charge on any atom is -0.414 e. The van der Waals surface area contributed by atoms with Crippen LogP contribution in [0, 0.1) is 0 Å². The molecule has 3 heterocycles. The molecule has 1 fully saturated rings. The molecule has 0 unspecified atom stereocenters. The maximum Gasteiger partial charge on any atom is 0.351 e. The van der Waals surface area contributed by atoms with Crippen molar-refractivity contribution >= 4 is 16.6 Å². The lowest BCUT2D eigenvalue weighted by atomic mass is 10.2. The van der Waals surface area contributed by atoms with E-state index in [1.165, 1.54) is 15.6 Å². The highest BCUT2D eigenvalue weighted by Gasteiger charge is 2.46. The first-order valence-electron chi connectivity index (χ1n) is 11.8. The molecule has 0 radical (unpaired) electrons. The highest BCUT2D eigenvalue weighted by molar-refractivity contribution is 6.74. The van der Waals surface area contributed by atoms with Crippen molar-refractivity contribution in [2.24, 2.45) is 0 Å². The molecule has 0 amide bonds. The molecule has 3 atom stereocenters. The van der Waals surface area contributed by atoms with Gasteiger partial charge in [0.15, 0.2) is 22.5 Å². The van der Waals surface area contributed by atoms with E-state index >= 15 is 0 Å². The van der Waals surface area contributed by atoms with Crippen molar-refractivity contribution in [1.82, 2.24) is 29.8 Å². The second-order valence-electron chi connectivity index (χ2n) is 12.1. The number of tetrazole rings is 1. The van der Waals surface area contributed by atoms with Gasteiger partial charge in [0.2, 0.25) is 0 Å². The predicted octanol–water partition coefficient (Wildman–Crippen LogP) is 3.92. The Hall–Kier alpha value is -1.74. The van der Waals surface area contributed by atoms with E-state index in [1.807, 2.05) is 0 Å². The zero-order chi connectivity index (χ0) is 25.5. The normalized spacial score (nSPS) is 22.4. The smallest absolute Gasteiger partial charge is 0.351 e. The zero-order valence-electron chi connectivity index (χ0n) is 22.2. The topological polar surface area (TPSA) is 106 Å². The van der Waals surface area contributed by atoms with Crippen molar-refractivity contribution in [2.45, 2.75) is 103 Å². The molecule has 2 aromatic heterocycles. The van der Waals surface area contributed by atoms with Crippen molar-refractivity contribution in [1.29, 1.82) is 0 Å². The number of ether oxygens (including phenoxy) is 1. The maximum absolute atomic E-state index is 12.9. The minimum absolute atomic E-state index is 0.0573. The molecule has 0 aliphatic carbocycles. The van der Waals surface area contributed by atoms with Crippen LogP contribution in [-0.2, 0) is 13.6 Å². The molecule has 1 aliphatic heterocycles. The summed E-state index contributed by atoms with van der Waals surface area (Å²) >= 11 is 0. The maximum atomic E-state index is 12.9. The van der Waals surface area contributed by atoms with Crippen molar-refractivity contribution in [3.05, 3.63) is 29.1 Å². The molecule has 0 bridgehead atoms. The Morgan fingerprint density at radius 1 is 1.09 bits per heavy atom. The Balaban J connectivity index is 1.84. The Kier molecular flexibility index (Phi) is 7.41. The largest absolute Gasteiger partial charge is 0.414 e. The van der Waals surface area contributed by atoms with Crippen LogP contribution in [0.4, 0.5) is 0 Å². The average molecular weight is 509 g/mol. The van der Waals surface area contributed by atoms with E-state index in [1.54, 1.807) is 12.3 Å². The molecule has 10 nitrogen and oxygen atoms in total. The van der Waals surface area contributed by atoms with Gasteiger partial charge in [0, 0.05) is 12.6 Å². The molecule has 2 aromatic rings. The summed E-state index contributed by atoms with van der Waals surface area (Å²) in [4.78, 5) is 17.0. The third kappa shape index (κ3) is 5.73. The van der Waals surface area contributed by atoms with Crippen molar-refractivity contribution in [3.63, 3.8) is 0 Å².